The van der Waals surface area contributed by atoms with Gasteiger partial charge in [-0.1, -0.05) is 15.9 Å². The third-order valence-electron chi connectivity index (χ3n) is 3.81. The first-order valence-corrected chi connectivity index (χ1v) is 9.34. The summed E-state index contributed by atoms with van der Waals surface area (Å²) in [6, 6.07) is 5.27. The van der Waals surface area contributed by atoms with Gasteiger partial charge in [0, 0.05) is 22.9 Å². The summed E-state index contributed by atoms with van der Waals surface area (Å²) >= 11 is 3.27. The van der Waals surface area contributed by atoms with E-state index in [4.69, 9.17) is 10.5 Å². The zero-order valence-electron chi connectivity index (χ0n) is 15.6. The van der Waals surface area contributed by atoms with Crippen LogP contribution in [-0.4, -0.2) is 39.6 Å². The van der Waals surface area contributed by atoms with Crippen molar-refractivity contribution in [1.29, 1.82) is 0 Å². The Morgan fingerprint density at radius 2 is 1.96 bits per heavy atom. The predicted molar refractivity (Wildman–Crippen MR) is 108 cm³/mol. The molecule has 0 atom stereocenters. The lowest BCUT2D eigenvalue weighted by Gasteiger charge is -2.23. The number of hydrogen-bond acceptors (Lipinski definition) is 6. The number of ether oxygens (including phenoxy) is 1. The number of halogens is 1. The molecule has 0 aliphatic carbocycles. The van der Waals surface area contributed by atoms with E-state index in [1.54, 1.807) is 23.1 Å². The number of carbonyl (C=O) groups excluding carboxylic acids is 1. The fourth-order valence-corrected chi connectivity index (χ4v) is 2.91. The molecule has 1 aliphatic rings. The number of nitrogens with two attached hydrogens (primary N) is 1. The number of benzene rings is 1. The summed E-state index contributed by atoms with van der Waals surface area (Å²) < 4.78 is 6.02. The highest BCUT2D eigenvalue weighted by molar-refractivity contribution is 9.10. The molecule has 2 heterocycles. The van der Waals surface area contributed by atoms with E-state index < -0.39 is 4.92 Å². The van der Waals surface area contributed by atoms with Gasteiger partial charge in [0.15, 0.2) is 0 Å². The minimum atomic E-state index is -0.539. The second kappa shape index (κ2) is 8.51. The van der Waals surface area contributed by atoms with Gasteiger partial charge in [-0.2, -0.15) is 0 Å². The van der Waals surface area contributed by atoms with Gasteiger partial charge in [-0.3, -0.25) is 10.1 Å². The Morgan fingerprint density at radius 3 is 2.52 bits per heavy atom. The van der Waals surface area contributed by atoms with Crippen molar-refractivity contribution < 1.29 is 14.5 Å². The molecule has 8 nitrogen and oxygen atoms in total. The zero-order chi connectivity index (χ0) is 20.2. The van der Waals surface area contributed by atoms with Gasteiger partial charge in [0.25, 0.3) is 0 Å². The predicted octanol–water partition coefficient (Wildman–Crippen LogP) is 4.51. The van der Waals surface area contributed by atoms with Gasteiger partial charge in [0.05, 0.1) is 10.4 Å². The summed E-state index contributed by atoms with van der Waals surface area (Å²) in [5.41, 5.74) is 5.94. The molecule has 1 aromatic carbocycles. The second-order valence-electron chi connectivity index (χ2n) is 7.15. The largest absolute Gasteiger partial charge is 0.444 e. The normalized spacial score (nSPS) is 13.9. The number of anilines is 1. The third kappa shape index (κ3) is 5.78. The Bertz CT molecular complexity index is 845. The van der Waals surface area contributed by atoms with E-state index in [1.165, 1.54) is 6.20 Å². The second-order valence-corrected chi connectivity index (χ2v) is 8.07. The maximum Gasteiger partial charge on any atom is 0.410 e. The first kappa shape index (κ1) is 20.9. The van der Waals surface area contributed by atoms with Gasteiger partial charge in [-0.25, -0.2) is 9.78 Å². The van der Waals surface area contributed by atoms with E-state index in [-0.39, 0.29) is 23.1 Å². The quantitative estimate of drug-likeness (QED) is 0.517. The average molecular weight is 439 g/mol. The number of pyridine rings is 1. The van der Waals surface area contributed by atoms with Crippen molar-refractivity contribution in [3.8, 4) is 0 Å². The van der Waals surface area contributed by atoms with Gasteiger partial charge >= 0.3 is 11.8 Å². The lowest BCUT2D eigenvalue weighted by atomic mass is 10.2. The molecule has 0 bridgehead atoms. The number of nitrogen functional groups attached to an aromatic ring is 1. The van der Waals surface area contributed by atoms with Crippen molar-refractivity contribution in [2.24, 2.45) is 0 Å². The molecule has 0 saturated carbocycles. The van der Waals surface area contributed by atoms with Gasteiger partial charge in [-0.15, -0.1) is 0 Å². The van der Waals surface area contributed by atoms with E-state index >= 15 is 0 Å². The highest BCUT2D eigenvalue weighted by atomic mass is 79.9. The van der Waals surface area contributed by atoms with Crippen LogP contribution in [0.3, 0.4) is 0 Å². The Hall–Kier alpha value is -2.42. The highest BCUT2D eigenvalue weighted by Gasteiger charge is 2.23. The van der Waals surface area contributed by atoms with E-state index in [2.05, 4.69) is 20.9 Å². The zero-order valence-corrected chi connectivity index (χ0v) is 17.2. The molecule has 1 fully saturated rings. The molecular formula is C18H23BrN4O4. The number of carbonyl (C=O) groups is 1. The molecular weight excluding hydrogens is 416 g/mol. The molecule has 2 N–H and O–H groups in total. The Balaban J connectivity index is 0.000000199. The summed E-state index contributed by atoms with van der Waals surface area (Å²) in [5.74, 6) is 0. The molecule has 146 valence electrons. The van der Waals surface area contributed by atoms with Crippen molar-refractivity contribution in [3.05, 3.63) is 39.0 Å². The van der Waals surface area contributed by atoms with Crippen LogP contribution in [0, 0.1) is 10.1 Å². The fourth-order valence-electron chi connectivity index (χ4n) is 2.55. The summed E-state index contributed by atoms with van der Waals surface area (Å²) in [4.78, 5) is 27.2. The Kier molecular flexibility index (Phi) is 6.59. The minimum Gasteiger partial charge on any atom is -0.444 e. The van der Waals surface area contributed by atoms with Crippen molar-refractivity contribution in [2.75, 3.05) is 18.8 Å². The van der Waals surface area contributed by atoms with Crippen LogP contribution in [0.15, 0.2) is 28.9 Å². The van der Waals surface area contributed by atoms with E-state index in [0.29, 0.717) is 10.9 Å². The fraction of sp³-hybridized carbons (Fsp3) is 0.444. The summed E-state index contributed by atoms with van der Waals surface area (Å²) in [7, 11) is 0. The Labute approximate surface area is 166 Å². The van der Waals surface area contributed by atoms with Crippen LogP contribution < -0.4 is 5.73 Å². The number of likely N-dealkylation sites (tertiary alicyclic amines) is 1. The van der Waals surface area contributed by atoms with Crippen LogP contribution >= 0.6 is 15.9 Å². The van der Waals surface area contributed by atoms with Gasteiger partial charge < -0.3 is 15.4 Å². The molecule has 3 rings (SSSR count). The van der Waals surface area contributed by atoms with E-state index in [0.717, 1.165) is 30.4 Å². The first-order chi connectivity index (χ1) is 12.6. The van der Waals surface area contributed by atoms with E-state index in [1.807, 2.05) is 20.8 Å². The minimum absolute atomic E-state index is 0.145. The number of nitro groups is 1. The maximum atomic E-state index is 11.4. The lowest BCUT2D eigenvalue weighted by molar-refractivity contribution is -0.384. The summed E-state index contributed by atoms with van der Waals surface area (Å²) in [6.45, 7) is 7.38. The molecule has 0 spiro atoms. The number of nitrogens with zero attached hydrogens (tertiary/aromatic N) is 3. The monoisotopic (exact) mass is 438 g/mol. The molecule has 1 aliphatic heterocycles. The van der Waals surface area contributed by atoms with Crippen molar-refractivity contribution in [3.63, 3.8) is 0 Å². The summed E-state index contributed by atoms with van der Waals surface area (Å²) in [5, 5.41) is 11.2. The van der Waals surface area contributed by atoms with Crippen molar-refractivity contribution in [2.45, 2.75) is 39.2 Å². The average Bonchev–Trinajstić information content (AvgIpc) is 3.09. The Morgan fingerprint density at radius 1 is 1.33 bits per heavy atom. The van der Waals surface area contributed by atoms with Gasteiger partial charge in [0.1, 0.15) is 17.5 Å². The van der Waals surface area contributed by atoms with Crippen LogP contribution in [0.5, 0.6) is 0 Å². The van der Waals surface area contributed by atoms with E-state index in [9.17, 15) is 14.9 Å². The number of fused-ring (bicyclic) bond motifs is 1. The number of aromatic nitrogens is 1. The smallest absolute Gasteiger partial charge is 0.410 e. The number of hydrogen-bond donors (Lipinski definition) is 1. The van der Waals surface area contributed by atoms with Crippen LogP contribution in [0.4, 0.5) is 16.2 Å². The molecule has 1 saturated heterocycles. The van der Waals surface area contributed by atoms with Crippen LogP contribution in [-0.2, 0) is 4.74 Å². The lowest BCUT2D eigenvalue weighted by Crippen LogP contribution is -2.34. The van der Waals surface area contributed by atoms with Crippen molar-refractivity contribution >= 4 is 44.3 Å². The summed E-state index contributed by atoms with van der Waals surface area (Å²) in [6.07, 6.45) is 3.23. The third-order valence-corrected chi connectivity index (χ3v) is 4.30. The molecule has 27 heavy (non-hydrogen) atoms. The maximum absolute atomic E-state index is 11.4. The molecule has 0 radical (unpaired) electrons. The molecule has 1 amide bonds. The highest BCUT2D eigenvalue weighted by Crippen LogP contribution is 2.30. The van der Waals surface area contributed by atoms with Crippen LogP contribution in [0.25, 0.3) is 10.9 Å². The SMILES string of the molecule is CC(C)(C)OC(=O)N1CCCC1.Nc1c([N+](=O)[O-])cnc2ccc(Br)cc12. The molecule has 0 unspecified atom stereocenters. The van der Waals surface area contributed by atoms with Gasteiger partial charge in [-0.05, 0) is 51.8 Å². The number of rotatable bonds is 1. The van der Waals surface area contributed by atoms with Crippen LogP contribution in [0.1, 0.15) is 33.6 Å². The standard InChI is InChI=1S/C9H6BrN3O2.C9H17NO2/c10-5-1-2-7-6(3-5)9(11)8(4-12-7)13(14)15;1-9(2,3)12-8(11)10-6-4-5-7-10/h1-4H,(H2,11,12);4-7H2,1-3H3. The van der Waals surface area contributed by atoms with Crippen LogP contribution in [0.2, 0.25) is 0 Å². The van der Waals surface area contributed by atoms with Crippen molar-refractivity contribution in [1.82, 2.24) is 9.88 Å². The van der Waals surface area contributed by atoms with Gasteiger partial charge in [0.2, 0.25) is 0 Å². The number of amides is 1. The molecule has 1 aromatic heterocycles. The molecule has 9 heteroatoms. The molecule has 2 aromatic rings. The topological polar surface area (TPSA) is 112 Å². The first-order valence-electron chi connectivity index (χ1n) is 8.54.